The number of hydrogen-bond acceptors (Lipinski definition) is 5. The van der Waals surface area contributed by atoms with E-state index < -0.39 is 6.10 Å². The number of allylic oxidation sites excluding steroid dienone is 8. The molecule has 0 saturated carbocycles. The number of carbonyl (C=O) groups excluding carboxylic acids is 2. The maximum atomic E-state index is 12.3. The lowest BCUT2D eigenvalue weighted by Gasteiger charge is -2.15. The summed E-state index contributed by atoms with van der Waals surface area (Å²) in [7, 11) is 0. The number of rotatable bonds is 48. The Bertz CT molecular complexity index is 997. The fraction of sp³-hybridized carbons (Fsp3) is 0.818. The van der Waals surface area contributed by atoms with Gasteiger partial charge in [0.25, 0.3) is 0 Å². The highest BCUT2D eigenvalue weighted by molar-refractivity contribution is 5.70. The summed E-state index contributed by atoms with van der Waals surface area (Å²) in [6.07, 6.45) is 66.3. The van der Waals surface area contributed by atoms with Crippen LogP contribution in [0, 0.1) is 0 Å². The van der Waals surface area contributed by atoms with Crippen molar-refractivity contribution in [3.05, 3.63) is 48.6 Å². The smallest absolute Gasteiger partial charge is 0.306 e. The Balaban J connectivity index is 3.49. The van der Waals surface area contributed by atoms with Crippen molar-refractivity contribution in [1.29, 1.82) is 0 Å². The molecular weight excluding hydrogens is 741 g/mol. The molecule has 350 valence electrons. The molecule has 0 spiro atoms. The predicted octanol–water partition coefficient (Wildman–Crippen LogP) is 17.3. The molecule has 0 fully saturated rings. The molecule has 1 atom stereocenters. The summed E-state index contributed by atoms with van der Waals surface area (Å²) in [5.41, 5.74) is 0. The zero-order valence-electron chi connectivity index (χ0n) is 40.0. The summed E-state index contributed by atoms with van der Waals surface area (Å²) in [4.78, 5) is 24.5. The third-order valence-corrected chi connectivity index (χ3v) is 11.6. The number of ether oxygens (including phenoxy) is 2. The molecule has 0 aromatic carbocycles. The average molecular weight is 841 g/mol. The van der Waals surface area contributed by atoms with Crippen molar-refractivity contribution in [3.63, 3.8) is 0 Å². The lowest BCUT2D eigenvalue weighted by atomic mass is 10.0. The van der Waals surface area contributed by atoms with Gasteiger partial charge in [-0.3, -0.25) is 9.59 Å². The van der Waals surface area contributed by atoms with Gasteiger partial charge in [-0.25, -0.2) is 0 Å². The van der Waals surface area contributed by atoms with Crippen LogP contribution in [-0.2, 0) is 19.1 Å². The summed E-state index contributed by atoms with van der Waals surface area (Å²) < 4.78 is 10.7. The first-order valence-corrected chi connectivity index (χ1v) is 26.2. The van der Waals surface area contributed by atoms with Gasteiger partial charge in [0.05, 0.1) is 6.61 Å². The van der Waals surface area contributed by atoms with Gasteiger partial charge in [0.2, 0.25) is 0 Å². The van der Waals surface area contributed by atoms with E-state index in [1.54, 1.807) is 0 Å². The fourth-order valence-corrected chi connectivity index (χ4v) is 7.62. The van der Waals surface area contributed by atoms with Crippen LogP contribution in [0.5, 0.6) is 0 Å². The minimum Gasteiger partial charge on any atom is -0.462 e. The Morgan fingerprint density at radius 2 is 0.667 bits per heavy atom. The molecule has 0 aromatic heterocycles. The van der Waals surface area contributed by atoms with E-state index in [0.717, 1.165) is 51.4 Å². The second-order valence-electron chi connectivity index (χ2n) is 17.6. The zero-order chi connectivity index (χ0) is 43.5. The molecule has 0 radical (unpaired) electrons. The molecule has 0 bridgehead atoms. The molecule has 60 heavy (non-hydrogen) atoms. The molecule has 0 aliphatic carbocycles. The van der Waals surface area contributed by atoms with E-state index in [9.17, 15) is 14.7 Å². The van der Waals surface area contributed by atoms with Crippen LogP contribution in [0.15, 0.2) is 48.6 Å². The quantitative estimate of drug-likeness (QED) is 0.0375. The predicted molar refractivity (Wildman–Crippen MR) is 261 cm³/mol. The van der Waals surface area contributed by atoms with E-state index in [-0.39, 0.29) is 25.2 Å². The van der Waals surface area contributed by atoms with Gasteiger partial charge in [-0.05, 0) is 77.0 Å². The number of esters is 2. The van der Waals surface area contributed by atoms with Crippen molar-refractivity contribution in [3.8, 4) is 0 Å². The van der Waals surface area contributed by atoms with Crippen LogP contribution in [0.4, 0.5) is 0 Å². The van der Waals surface area contributed by atoms with E-state index >= 15 is 0 Å². The molecule has 0 aliphatic rings. The van der Waals surface area contributed by atoms with Gasteiger partial charge in [0.15, 0.2) is 6.10 Å². The van der Waals surface area contributed by atoms with Crippen LogP contribution >= 0.6 is 0 Å². The minimum atomic E-state index is -0.774. The van der Waals surface area contributed by atoms with Crippen LogP contribution < -0.4 is 0 Å². The first-order chi connectivity index (χ1) is 29.6. The Labute approximate surface area is 373 Å². The standard InChI is InChI=1S/C55H100O5/c1-3-5-7-9-11-13-15-17-19-21-23-25-27-29-31-33-35-37-39-41-43-45-47-49-54(57)59-52-53(51-56)60-55(58)50-48-46-44-42-40-38-36-34-32-30-28-26-24-22-20-18-16-14-12-10-8-6-4-2/h15-18,21-24,53,56H,3-14,19-20,25-52H2,1-2H3/b17-15-,18-16-,23-21-,24-22-. The summed E-state index contributed by atoms with van der Waals surface area (Å²) in [5.74, 6) is -0.586. The summed E-state index contributed by atoms with van der Waals surface area (Å²) in [5, 5.41) is 9.63. The molecule has 5 nitrogen and oxygen atoms in total. The molecule has 0 heterocycles. The Morgan fingerprint density at radius 1 is 0.383 bits per heavy atom. The van der Waals surface area contributed by atoms with E-state index in [2.05, 4.69) is 62.5 Å². The van der Waals surface area contributed by atoms with Gasteiger partial charge < -0.3 is 14.6 Å². The first-order valence-electron chi connectivity index (χ1n) is 26.2. The number of carbonyl (C=O) groups is 2. The van der Waals surface area contributed by atoms with Crippen molar-refractivity contribution < 1.29 is 24.2 Å². The lowest BCUT2D eigenvalue weighted by molar-refractivity contribution is -0.161. The fourth-order valence-electron chi connectivity index (χ4n) is 7.62. The second kappa shape index (κ2) is 51.2. The summed E-state index contributed by atoms with van der Waals surface area (Å²) >= 11 is 0. The minimum absolute atomic E-state index is 0.0665. The third kappa shape index (κ3) is 48.5. The van der Waals surface area contributed by atoms with Crippen molar-refractivity contribution >= 4 is 11.9 Å². The van der Waals surface area contributed by atoms with Gasteiger partial charge in [0, 0.05) is 12.8 Å². The van der Waals surface area contributed by atoms with Gasteiger partial charge in [0.1, 0.15) is 6.61 Å². The molecule has 0 amide bonds. The zero-order valence-corrected chi connectivity index (χ0v) is 40.0. The average Bonchev–Trinajstić information content (AvgIpc) is 3.25. The van der Waals surface area contributed by atoms with Crippen LogP contribution in [0.2, 0.25) is 0 Å². The van der Waals surface area contributed by atoms with Crippen LogP contribution in [-0.4, -0.2) is 36.4 Å². The second-order valence-corrected chi connectivity index (χ2v) is 17.6. The molecule has 0 aliphatic heterocycles. The molecule has 0 saturated heterocycles. The first kappa shape index (κ1) is 57.9. The van der Waals surface area contributed by atoms with Crippen LogP contribution in [0.1, 0.15) is 271 Å². The van der Waals surface area contributed by atoms with E-state index in [1.165, 1.54) is 193 Å². The van der Waals surface area contributed by atoms with Crippen LogP contribution in [0.3, 0.4) is 0 Å². The van der Waals surface area contributed by atoms with Crippen molar-refractivity contribution in [2.24, 2.45) is 0 Å². The SMILES string of the molecule is CCCCCCC/C=C\C/C=C\CCCCCCCCCCCCCC(=O)OCC(CO)OC(=O)CCCCCCCCCCCCC/C=C\C/C=C\CCCCCCC. The highest BCUT2D eigenvalue weighted by Crippen LogP contribution is 2.15. The van der Waals surface area contributed by atoms with Crippen molar-refractivity contribution in [2.45, 2.75) is 277 Å². The molecule has 0 aromatic rings. The number of hydrogen-bond donors (Lipinski definition) is 1. The van der Waals surface area contributed by atoms with E-state index in [1.807, 2.05) is 0 Å². The van der Waals surface area contributed by atoms with Crippen LogP contribution in [0.25, 0.3) is 0 Å². The monoisotopic (exact) mass is 841 g/mol. The van der Waals surface area contributed by atoms with Crippen molar-refractivity contribution in [2.75, 3.05) is 13.2 Å². The molecule has 0 rings (SSSR count). The molecule has 1 N–H and O–H groups in total. The summed E-state index contributed by atoms with van der Waals surface area (Å²) in [6.45, 7) is 4.14. The molecule has 5 heteroatoms. The molecular formula is C55H100O5. The lowest BCUT2D eigenvalue weighted by Crippen LogP contribution is -2.28. The molecule has 1 unspecified atom stereocenters. The Kier molecular flexibility index (Phi) is 49.4. The largest absolute Gasteiger partial charge is 0.462 e. The number of unbranched alkanes of at least 4 members (excludes halogenated alkanes) is 32. The number of aliphatic hydroxyl groups is 1. The normalized spacial score (nSPS) is 12.5. The van der Waals surface area contributed by atoms with Gasteiger partial charge in [-0.15, -0.1) is 0 Å². The highest BCUT2D eigenvalue weighted by Gasteiger charge is 2.16. The maximum Gasteiger partial charge on any atom is 0.306 e. The number of aliphatic hydroxyl groups excluding tert-OH is 1. The Morgan fingerprint density at radius 3 is 0.983 bits per heavy atom. The van der Waals surface area contributed by atoms with E-state index in [0.29, 0.717) is 12.8 Å². The Hall–Kier alpha value is -2.14. The van der Waals surface area contributed by atoms with Gasteiger partial charge in [-0.2, -0.15) is 0 Å². The van der Waals surface area contributed by atoms with Gasteiger partial charge >= 0.3 is 11.9 Å². The topological polar surface area (TPSA) is 72.8 Å². The summed E-state index contributed by atoms with van der Waals surface area (Å²) in [6, 6.07) is 0. The third-order valence-electron chi connectivity index (χ3n) is 11.6. The van der Waals surface area contributed by atoms with Crippen molar-refractivity contribution in [1.82, 2.24) is 0 Å². The van der Waals surface area contributed by atoms with E-state index in [4.69, 9.17) is 9.47 Å². The van der Waals surface area contributed by atoms with Gasteiger partial charge in [-0.1, -0.05) is 229 Å². The highest BCUT2D eigenvalue weighted by atomic mass is 16.6. The maximum absolute atomic E-state index is 12.3.